The van der Waals surface area contributed by atoms with Gasteiger partial charge in [-0.25, -0.2) is 4.98 Å². The molecule has 6 heteroatoms. The van der Waals surface area contributed by atoms with E-state index in [9.17, 15) is 9.59 Å². The van der Waals surface area contributed by atoms with Gasteiger partial charge in [0.25, 0.3) is 0 Å². The summed E-state index contributed by atoms with van der Waals surface area (Å²) in [4.78, 5) is 27.2. The maximum Gasteiger partial charge on any atom is 0.214 e. The van der Waals surface area contributed by atoms with Crippen LogP contribution in [0.5, 0.6) is 11.5 Å². The van der Waals surface area contributed by atoms with Crippen LogP contribution >= 0.6 is 0 Å². The van der Waals surface area contributed by atoms with E-state index in [1.54, 1.807) is 23.2 Å². The molecule has 0 atom stereocenters. The molecule has 1 aliphatic rings. The van der Waals surface area contributed by atoms with Crippen LogP contribution in [0.4, 0.5) is 11.5 Å². The SMILES string of the molecule is CC.CC.O=CNc1cc(Oc2ccc3c(c2)CCCN3C=O)ccn1. The number of aromatic nitrogens is 1. The van der Waals surface area contributed by atoms with Crippen molar-refractivity contribution in [1.29, 1.82) is 0 Å². The van der Waals surface area contributed by atoms with E-state index in [4.69, 9.17) is 4.74 Å². The van der Waals surface area contributed by atoms with Crippen molar-refractivity contribution < 1.29 is 14.3 Å². The van der Waals surface area contributed by atoms with Gasteiger partial charge in [0.1, 0.15) is 17.3 Å². The monoisotopic (exact) mass is 357 g/mol. The Labute approximate surface area is 155 Å². The van der Waals surface area contributed by atoms with Gasteiger partial charge < -0.3 is 15.0 Å². The lowest BCUT2D eigenvalue weighted by Gasteiger charge is -2.26. The normalized spacial score (nSPS) is 11.6. The molecule has 0 saturated heterocycles. The fourth-order valence-corrected chi connectivity index (χ4v) is 2.53. The molecule has 140 valence electrons. The van der Waals surface area contributed by atoms with Gasteiger partial charge in [0.15, 0.2) is 0 Å². The lowest BCUT2D eigenvalue weighted by atomic mass is 10.0. The number of amides is 2. The average Bonchev–Trinajstić information content (AvgIpc) is 2.71. The van der Waals surface area contributed by atoms with Crippen LogP contribution in [0.15, 0.2) is 36.5 Å². The summed E-state index contributed by atoms with van der Waals surface area (Å²) in [6, 6.07) is 9.02. The smallest absolute Gasteiger partial charge is 0.214 e. The number of pyridine rings is 1. The van der Waals surface area contributed by atoms with E-state index in [1.165, 1.54) is 0 Å². The van der Waals surface area contributed by atoms with Crippen molar-refractivity contribution in [2.75, 3.05) is 16.8 Å². The van der Waals surface area contributed by atoms with Gasteiger partial charge in [-0.1, -0.05) is 27.7 Å². The third-order valence-electron chi connectivity index (χ3n) is 3.51. The van der Waals surface area contributed by atoms with Crippen LogP contribution in [0.1, 0.15) is 39.7 Å². The van der Waals surface area contributed by atoms with Crippen molar-refractivity contribution in [2.45, 2.75) is 40.5 Å². The number of rotatable bonds is 5. The number of nitrogens with zero attached hydrogens (tertiary/aromatic N) is 2. The summed E-state index contributed by atoms with van der Waals surface area (Å²) in [7, 11) is 0. The number of fused-ring (bicyclic) bond motifs is 1. The van der Waals surface area contributed by atoms with E-state index >= 15 is 0 Å². The highest BCUT2D eigenvalue weighted by molar-refractivity contribution is 5.78. The zero-order valence-corrected chi connectivity index (χ0v) is 15.9. The third kappa shape index (κ3) is 5.58. The predicted octanol–water partition coefficient (Wildman–Crippen LogP) is 4.40. The minimum Gasteiger partial charge on any atom is -0.457 e. The first-order valence-electron chi connectivity index (χ1n) is 8.99. The van der Waals surface area contributed by atoms with Crippen molar-refractivity contribution in [2.24, 2.45) is 0 Å². The molecule has 2 amide bonds. The van der Waals surface area contributed by atoms with Crippen molar-refractivity contribution in [3.8, 4) is 11.5 Å². The molecular formula is C20H27N3O3. The van der Waals surface area contributed by atoms with Gasteiger partial charge in [0, 0.05) is 24.5 Å². The number of nitrogens with one attached hydrogen (secondary N) is 1. The van der Waals surface area contributed by atoms with Gasteiger partial charge in [0.2, 0.25) is 12.8 Å². The number of hydrogen-bond donors (Lipinski definition) is 1. The Bertz CT molecular complexity index is 704. The molecule has 0 spiro atoms. The van der Waals surface area contributed by atoms with Crippen molar-refractivity contribution in [3.63, 3.8) is 0 Å². The van der Waals surface area contributed by atoms with Crippen LogP contribution in [-0.2, 0) is 16.0 Å². The van der Waals surface area contributed by atoms with E-state index in [-0.39, 0.29) is 0 Å². The van der Waals surface area contributed by atoms with Gasteiger partial charge in [-0.2, -0.15) is 0 Å². The van der Waals surface area contributed by atoms with E-state index in [1.807, 2.05) is 45.9 Å². The molecule has 2 heterocycles. The summed E-state index contributed by atoms with van der Waals surface area (Å²) in [5.41, 5.74) is 2.03. The molecule has 1 aromatic heterocycles. The zero-order chi connectivity index (χ0) is 19.4. The van der Waals surface area contributed by atoms with E-state index < -0.39 is 0 Å². The molecule has 0 bridgehead atoms. The van der Waals surface area contributed by atoms with E-state index in [2.05, 4.69) is 10.3 Å². The van der Waals surface area contributed by atoms with Crippen molar-refractivity contribution in [1.82, 2.24) is 4.98 Å². The fourth-order valence-electron chi connectivity index (χ4n) is 2.53. The first-order chi connectivity index (χ1) is 12.8. The zero-order valence-electron chi connectivity index (χ0n) is 15.9. The highest BCUT2D eigenvalue weighted by Gasteiger charge is 2.16. The Morgan fingerprint density at radius 2 is 1.81 bits per heavy atom. The summed E-state index contributed by atoms with van der Waals surface area (Å²) >= 11 is 0. The van der Waals surface area contributed by atoms with Crippen molar-refractivity contribution >= 4 is 24.3 Å². The molecule has 0 unspecified atom stereocenters. The molecule has 0 radical (unpaired) electrons. The van der Waals surface area contributed by atoms with E-state index in [0.29, 0.717) is 23.7 Å². The molecule has 0 saturated carbocycles. The van der Waals surface area contributed by atoms with Gasteiger partial charge in [-0.15, -0.1) is 0 Å². The molecule has 1 aliphatic heterocycles. The van der Waals surface area contributed by atoms with Crippen LogP contribution in [0.25, 0.3) is 0 Å². The standard InChI is InChI=1S/C16H15N3O3.2C2H6/c20-10-18-16-9-14(5-6-17-16)22-13-3-4-15-12(8-13)2-1-7-19(15)11-21;2*1-2/h3-6,8-11H,1-2,7H2,(H,17,18,20);2*1-2H3. The van der Waals surface area contributed by atoms with Crippen LogP contribution in [0.3, 0.4) is 0 Å². The topological polar surface area (TPSA) is 71.5 Å². The Kier molecular flexibility index (Phi) is 9.46. The summed E-state index contributed by atoms with van der Waals surface area (Å²) in [6.45, 7) is 8.75. The fraction of sp³-hybridized carbons (Fsp3) is 0.350. The molecule has 1 aromatic carbocycles. The molecule has 0 fully saturated rings. The molecule has 26 heavy (non-hydrogen) atoms. The number of carbonyl (C=O) groups is 2. The summed E-state index contributed by atoms with van der Waals surface area (Å²) in [5.74, 6) is 1.70. The summed E-state index contributed by atoms with van der Waals surface area (Å²) < 4.78 is 5.80. The Morgan fingerprint density at radius 3 is 2.50 bits per heavy atom. The van der Waals surface area contributed by atoms with Crippen LogP contribution in [-0.4, -0.2) is 24.3 Å². The molecule has 3 rings (SSSR count). The molecule has 2 aromatic rings. The highest BCUT2D eigenvalue weighted by Crippen LogP contribution is 2.31. The predicted molar refractivity (Wildman–Crippen MR) is 105 cm³/mol. The number of anilines is 2. The number of carbonyl (C=O) groups excluding carboxylic acids is 2. The Hall–Kier alpha value is -2.89. The molecule has 0 aliphatic carbocycles. The number of hydrogen-bond acceptors (Lipinski definition) is 4. The first kappa shape index (κ1) is 21.2. The third-order valence-corrected chi connectivity index (χ3v) is 3.51. The number of benzene rings is 1. The Morgan fingerprint density at radius 1 is 1.08 bits per heavy atom. The average molecular weight is 357 g/mol. The maximum atomic E-state index is 11.0. The maximum absolute atomic E-state index is 11.0. The first-order valence-corrected chi connectivity index (χ1v) is 8.99. The van der Waals surface area contributed by atoms with Gasteiger partial charge in [-0.05, 0) is 42.7 Å². The second-order valence-corrected chi connectivity index (χ2v) is 4.93. The summed E-state index contributed by atoms with van der Waals surface area (Å²) in [5, 5.41) is 2.48. The van der Waals surface area contributed by atoms with Crippen LogP contribution in [0.2, 0.25) is 0 Å². The summed E-state index contributed by atoms with van der Waals surface area (Å²) in [6.07, 6.45) is 4.86. The molecular weight excluding hydrogens is 330 g/mol. The second kappa shape index (κ2) is 11.6. The number of ether oxygens (including phenoxy) is 1. The van der Waals surface area contributed by atoms with Crippen LogP contribution in [0, 0.1) is 0 Å². The van der Waals surface area contributed by atoms with Gasteiger partial charge in [-0.3, -0.25) is 9.59 Å². The molecule has 6 nitrogen and oxygen atoms in total. The van der Waals surface area contributed by atoms with Crippen molar-refractivity contribution in [3.05, 3.63) is 42.1 Å². The lowest BCUT2D eigenvalue weighted by Crippen LogP contribution is -2.27. The minimum atomic E-state index is 0.428. The van der Waals surface area contributed by atoms with E-state index in [0.717, 1.165) is 37.0 Å². The quantitative estimate of drug-likeness (QED) is 0.805. The molecule has 1 N–H and O–H groups in total. The Balaban J connectivity index is 0.000000791. The number of aryl methyl sites for hydroxylation is 1. The lowest BCUT2D eigenvalue weighted by molar-refractivity contribution is -0.107. The van der Waals surface area contributed by atoms with Gasteiger partial charge >= 0.3 is 0 Å². The van der Waals surface area contributed by atoms with Gasteiger partial charge in [0.05, 0.1) is 0 Å². The van der Waals surface area contributed by atoms with Crippen LogP contribution < -0.4 is 15.0 Å². The second-order valence-electron chi connectivity index (χ2n) is 4.93. The minimum absolute atomic E-state index is 0.428. The largest absolute Gasteiger partial charge is 0.457 e. The highest BCUT2D eigenvalue weighted by atomic mass is 16.5.